The summed E-state index contributed by atoms with van der Waals surface area (Å²) in [4.78, 5) is 4.70. The van der Waals surface area contributed by atoms with Crippen LogP contribution in [0.5, 0.6) is 0 Å². The van der Waals surface area contributed by atoms with Crippen LogP contribution in [0.1, 0.15) is 43.9 Å². The predicted octanol–water partition coefficient (Wildman–Crippen LogP) is 3.41. The van der Waals surface area contributed by atoms with Gasteiger partial charge in [0.15, 0.2) is 11.8 Å². The van der Waals surface area contributed by atoms with Crippen LogP contribution in [0.3, 0.4) is 0 Å². The van der Waals surface area contributed by atoms with E-state index in [1.807, 2.05) is 36.7 Å². The topological polar surface area (TPSA) is 67.1 Å². The minimum absolute atomic E-state index is 0. The van der Waals surface area contributed by atoms with Crippen LogP contribution in [0.4, 0.5) is 0 Å². The number of aliphatic imine (C=N–C) groups is 1. The molecule has 2 aromatic rings. The van der Waals surface area contributed by atoms with Crippen molar-refractivity contribution in [3.8, 4) is 0 Å². The van der Waals surface area contributed by atoms with Crippen molar-refractivity contribution in [3.63, 3.8) is 0 Å². The maximum Gasteiger partial charge on any atom is 0.191 e. The van der Waals surface area contributed by atoms with Gasteiger partial charge in [-0.15, -0.1) is 34.2 Å². The lowest BCUT2D eigenvalue weighted by atomic mass is 10.1. The number of nitrogens with zero attached hydrogens (tertiary/aromatic N) is 4. The Bertz CT molecular complexity index is 666. The minimum Gasteiger partial charge on any atom is -0.356 e. The molecule has 1 aromatic heterocycles. The summed E-state index contributed by atoms with van der Waals surface area (Å²) >= 11 is 0. The number of aryl methyl sites for hydroxylation is 1. The van der Waals surface area contributed by atoms with Crippen molar-refractivity contribution in [2.75, 3.05) is 6.54 Å². The highest BCUT2D eigenvalue weighted by molar-refractivity contribution is 14.0. The molecule has 0 aliphatic rings. The third-order valence-electron chi connectivity index (χ3n) is 4.11. The first-order chi connectivity index (χ1) is 12.1. The molecule has 7 heteroatoms. The Labute approximate surface area is 173 Å². The van der Waals surface area contributed by atoms with Gasteiger partial charge in [0.1, 0.15) is 5.82 Å². The van der Waals surface area contributed by atoms with E-state index in [0.29, 0.717) is 13.1 Å². The van der Waals surface area contributed by atoms with Crippen LogP contribution in [-0.4, -0.2) is 27.3 Å². The molecule has 0 amide bonds. The van der Waals surface area contributed by atoms with E-state index >= 15 is 0 Å². The van der Waals surface area contributed by atoms with Crippen LogP contribution in [0.15, 0.2) is 35.3 Å². The quantitative estimate of drug-likeness (QED) is 0.269. The van der Waals surface area contributed by atoms with Gasteiger partial charge in [-0.1, -0.05) is 44.2 Å². The highest BCUT2D eigenvalue weighted by Gasteiger charge is 2.06. The van der Waals surface area contributed by atoms with Crippen molar-refractivity contribution in [3.05, 3.63) is 47.5 Å². The lowest BCUT2D eigenvalue weighted by Gasteiger charge is -2.13. The van der Waals surface area contributed by atoms with Gasteiger partial charge in [0, 0.05) is 13.6 Å². The normalized spacial score (nSPS) is 11.3. The third-order valence-corrected chi connectivity index (χ3v) is 4.11. The van der Waals surface area contributed by atoms with E-state index in [0.717, 1.165) is 36.5 Å². The van der Waals surface area contributed by atoms with Gasteiger partial charge in [-0.05, 0) is 31.2 Å². The molecule has 1 heterocycles. The van der Waals surface area contributed by atoms with Crippen LogP contribution >= 0.6 is 24.0 Å². The van der Waals surface area contributed by atoms with Crippen molar-refractivity contribution < 1.29 is 0 Å². The van der Waals surface area contributed by atoms with Gasteiger partial charge in [0.25, 0.3) is 0 Å². The molecule has 144 valence electrons. The molecule has 0 spiro atoms. The van der Waals surface area contributed by atoms with Gasteiger partial charge >= 0.3 is 0 Å². The fraction of sp³-hybridized carbons (Fsp3) is 0.526. The highest BCUT2D eigenvalue weighted by Crippen LogP contribution is 2.03. The van der Waals surface area contributed by atoms with E-state index in [9.17, 15) is 0 Å². The zero-order valence-corrected chi connectivity index (χ0v) is 18.5. The summed E-state index contributed by atoms with van der Waals surface area (Å²) in [6.45, 7) is 8.61. The van der Waals surface area contributed by atoms with Gasteiger partial charge in [0.2, 0.25) is 0 Å². The first kappa shape index (κ1) is 22.4. The molecule has 0 radical (unpaired) electrons. The zero-order chi connectivity index (χ0) is 18.1. The Morgan fingerprint density at radius 2 is 1.88 bits per heavy atom. The van der Waals surface area contributed by atoms with Crippen molar-refractivity contribution in [1.29, 1.82) is 0 Å². The fourth-order valence-corrected chi connectivity index (χ4v) is 2.41. The summed E-state index contributed by atoms with van der Waals surface area (Å²) in [5.74, 6) is 3.34. The van der Waals surface area contributed by atoms with Gasteiger partial charge < -0.3 is 15.2 Å². The van der Waals surface area contributed by atoms with Crippen molar-refractivity contribution in [2.45, 2.75) is 46.7 Å². The molecule has 0 atom stereocenters. The lowest BCUT2D eigenvalue weighted by Crippen LogP contribution is -2.38. The standard InChI is InChI=1S/C19H30N6.HI/c1-15(2)9-8-12-20-19(21-13-17-10-6-5-7-11-17)22-14-18-24-23-16(3)25(18)4;/h5-7,10-11,15H,8-9,12-14H2,1-4H3,(H2,20,21,22);1H. The second kappa shape index (κ2) is 11.9. The number of benzene rings is 1. The van der Waals surface area contributed by atoms with E-state index in [4.69, 9.17) is 4.99 Å². The number of nitrogens with one attached hydrogen (secondary N) is 2. The maximum absolute atomic E-state index is 4.70. The lowest BCUT2D eigenvalue weighted by molar-refractivity contribution is 0.548. The summed E-state index contributed by atoms with van der Waals surface area (Å²) < 4.78 is 1.99. The molecule has 2 N–H and O–H groups in total. The van der Waals surface area contributed by atoms with Gasteiger partial charge in [-0.25, -0.2) is 4.99 Å². The maximum atomic E-state index is 4.70. The van der Waals surface area contributed by atoms with Crippen molar-refractivity contribution in [2.24, 2.45) is 18.0 Å². The Hall–Kier alpha value is -1.64. The molecule has 2 rings (SSSR count). The van der Waals surface area contributed by atoms with Crippen LogP contribution in [0.2, 0.25) is 0 Å². The predicted molar refractivity (Wildman–Crippen MR) is 118 cm³/mol. The van der Waals surface area contributed by atoms with Gasteiger partial charge in [0.05, 0.1) is 13.1 Å². The number of hydrogen-bond donors (Lipinski definition) is 2. The average Bonchev–Trinajstić information content (AvgIpc) is 2.93. The number of guanidine groups is 1. The molecule has 0 bridgehead atoms. The number of rotatable bonds is 8. The highest BCUT2D eigenvalue weighted by atomic mass is 127. The molecular weight excluding hydrogens is 439 g/mol. The summed E-state index contributed by atoms with van der Waals surface area (Å²) in [5, 5.41) is 15.1. The van der Waals surface area contributed by atoms with Gasteiger partial charge in [-0.2, -0.15) is 0 Å². The molecular formula is C19H31IN6. The zero-order valence-electron chi connectivity index (χ0n) is 16.2. The second-order valence-electron chi connectivity index (χ2n) is 6.69. The summed E-state index contributed by atoms with van der Waals surface area (Å²) in [7, 11) is 1.98. The Morgan fingerprint density at radius 3 is 2.50 bits per heavy atom. The second-order valence-corrected chi connectivity index (χ2v) is 6.69. The van der Waals surface area contributed by atoms with Crippen molar-refractivity contribution in [1.82, 2.24) is 25.4 Å². The SMILES string of the molecule is Cc1nnc(CNC(=NCc2ccccc2)NCCCC(C)C)n1C.I. The molecule has 0 aliphatic carbocycles. The van der Waals surface area contributed by atoms with E-state index in [-0.39, 0.29) is 24.0 Å². The van der Waals surface area contributed by atoms with E-state index in [2.05, 4.69) is 46.8 Å². The molecule has 0 saturated heterocycles. The summed E-state index contributed by atoms with van der Waals surface area (Å²) in [5.41, 5.74) is 1.19. The van der Waals surface area contributed by atoms with Gasteiger partial charge in [-0.3, -0.25) is 0 Å². The molecule has 0 fully saturated rings. The van der Waals surface area contributed by atoms with Crippen molar-refractivity contribution >= 4 is 29.9 Å². The number of hydrogen-bond acceptors (Lipinski definition) is 3. The Kier molecular flexibility index (Phi) is 10.2. The first-order valence-electron chi connectivity index (χ1n) is 8.97. The molecule has 0 aliphatic heterocycles. The van der Waals surface area contributed by atoms with Crippen LogP contribution in [0, 0.1) is 12.8 Å². The van der Waals surface area contributed by atoms with E-state index in [1.54, 1.807) is 0 Å². The third kappa shape index (κ3) is 7.72. The molecule has 0 unspecified atom stereocenters. The average molecular weight is 470 g/mol. The number of aromatic nitrogens is 3. The van der Waals surface area contributed by atoms with E-state index in [1.165, 1.54) is 12.0 Å². The largest absolute Gasteiger partial charge is 0.356 e. The molecule has 26 heavy (non-hydrogen) atoms. The molecule has 6 nitrogen and oxygen atoms in total. The Morgan fingerprint density at radius 1 is 1.15 bits per heavy atom. The molecule has 0 saturated carbocycles. The summed E-state index contributed by atoms with van der Waals surface area (Å²) in [6.07, 6.45) is 2.34. The van der Waals surface area contributed by atoms with Crippen LogP contribution in [0.25, 0.3) is 0 Å². The Balaban J connectivity index is 0.00000338. The number of halogens is 1. The fourth-order valence-electron chi connectivity index (χ4n) is 2.41. The van der Waals surface area contributed by atoms with E-state index < -0.39 is 0 Å². The summed E-state index contributed by atoms with van der Waals surface area (Å²) in [6, 6.07) is 10.3. The molecule has 1 aromatic carbocycles. The smallest absolute Gasteiger partial charge is 0.191 e. The monoisotopic (exact) mass is 470 g/mol. The first-order valence-corrected chi connectivity index (χ1v) is 8.97. The van der Waals surface area contributed by atoms with Crippen LogP contribution < -0.4 is 10.6 Å². The van der Waals surface area contributed by atoms with Crippen LogP contribution in [-0.2, 0) is 20.1 Å². The minimum atomic E-state index is 0.